The van der Waals surface area contributed by atoms with Crippen molar-refractivity contribution >= 4 is 15.7 Å². The van der Waals surface area contributed by atoms with Crippen molar-refractivity contribution in [1.82, 2.24) is 4.98 Å². The lowest BCUT2D eigenvalue weighted by Crippen LogP contribution is -2.12. The lowest BCUT2D eigenvalue weighted by atomic mass is 10.2. The number of sulfonamides is 1. The second kappa shape index (κ2) is 6.06. The fourth-order valence-electron chi connectivity index (χ4n) is 1.69. The van der Waals surface area contributed by atoms with Crippen LogP contribution in [0.3, 0.4) is 0 Å². The van der Waals surface area contributed by atoms with E-state index in [-0.39, 0.29) is 10.6 Å². The van der Waals surface area contributed by atoms with Gasteiger partial charge in [-0.3, -0.25) is 0 Å². The third-order valence-corrected chi connectivity index (χ3v) is 3.67. The van der Waals surface area contributed by atoms with Gasteiger partial charge in [-0.25, -0.2) is 22.9 Å². The number of primary sulfonamides is 1. The van der Waals surface area contributed by atoms with Crippen LogP contribution < -0.4 is 15.2 Å². The Morgan fingerprint density at radius 2 is 2.10 bits per heavy atom. The first-order valence-electron chi connectivity index (χ1n) is 5.95. The number of nitrogens with one attached hydrogen (secondary N) is 1. The zero-order chi connectivity index (χ0) is 15.5. The molecule has 112 valence electrons. The average molecular weight is 311 g/mol. The summed E-state index contributed by atoms with van der Waals surface area (Å²) in [6.07, 6.45) is 1.58. The highest BCUT2D eigenvalue weighted by molar-refractivity contribution is 7.89. The molecule has 6 nitrogen and oxygen atoms in total. The van der Waals surface area contributed by atoms with Gasteiger partial charge in [0.15, 0.2) is 0 Å². The van der Waals surface area contributed by atoms with E-state index in [1.165, 1.54) is 19.2 Å². The molecule has 21 heavy (non-hydrogen) atoms. The molecule has 0 aliphatic carbocycles. The molecule has 0 aliphatic heterocycles. The topological polar surface area (TPSA) is 94.3 Å². The number of anilines is 1. The van der Waals surface area contributed by atoms with Crippen molar-refractivity contribution in [2.24, 2.45) is 5.14 Å². The van der Waals surface area contributed by atoms with Crippen LogP contribution in [0.5, 0.6) is 5.88 Å². The van der Waals surface area contributed by atoms with Crippen LogP contribution in [-0.4, -0.2) is 20.5 Å². The van der Waals surface area contributed by atoms with E-state index < -0.39 is 15.8 Å². The fourth-order valence-corrected chi connectivity index (χ4v) is 2.21. The Kier molecular flexibility index (Phi) is 4.39. The van der Waals surface area contributed by atoms with Crippen LogP contribution in [0.15, 0.2) is 41.4 Å². The summed E-state index contributed by atoms with van der Waals surface area (Å²) >= 11 is 0. The maximum Gasteiger partial charge on any atom is 0.238 e. The van der Waals surface area contributed by atoms with Gasteiger partial charge in [-0.2, -0.15) is 0 Å². The van der Waals surface area contributed by atoms with Crippen molar-refractivity contribution in [2.45, 2.75) is 11.4 Å². The van der Waals surface area contributed by atoms with E-state index in [9.17, 15) is 12.8 Å². The molecule has 0 atom stereocenters. The molecule has 0 aliphatic rings. The van der Waals surface area contributed by atoms with Crippen LogP contribution in [0.1, 0.15) is 5.56 Å². The molecule has 1 heterocycles. The lowest BCUT2D eigenvalue weighted by Gasteiger charge is -2.09. The molecule has 0 spiro atoms. The van der Waals surface area contributed by atoms with Crippen LogP contribution in [0.4, 0.5) is 10.1 Å². The minimum Gasteiger partial charge on any atom is -0.481 e. The number of hydrogen-bond acceptors (Lipinski definition) is 5. The molecular weight excluding hydrogens is 297 g/mol. The molecular formula is C13H14FN3O3S. The molecule has 0 bridgehead atoms. The van der Waals surface area contributed by atoms with Gasteiger partial charge in [0.05, 0.1) is 17.7 Å². The molecule has 0 unspecified atom stereocenters. The first-order chi connectivity index (χ1) is 9.90. The summed E-state index contributed by atoms with van der Waals surface area (Å²) in [7, 11) is -2.41. The minimum atomic E-state index is -3.91. The van der Waals surface area contributed by atoms with Gasteiger partial charge in [0, 0.05) is 18.8 Å². The summed E-state index contributed by atoms with van der Waals surface area (Å²) in [5.41, 5.74) is 1.02. The van der Waals surface area contributed by atoms with Crippen molar-refractivity contribution in [3.05, 3.63) is 47.9 Å². The highest BCUT2D eigenvalue weighted by atomic mass is 32.2. The quantitative estimate of drug-likeness (QED) is 0.872. The number of nitrogens with zero attached hydrogens (tertiary/aromatic N) is 1. The molecule has 1 aromatic heterocycles. The molecule has 3 N–H and O–H groups in total. The summed E-state index contributed by atoms with van der Waals surface area (Å²) in [6.45, 7) is 0.338. The van der Waals surface area contributed by atoms with Crippen LogP contribution in [0, 0.1) is 5.82 Å². The number of methoxy groups -OCH3 is 1. The molecule has 0 fully saturated rings. The Labute approximate surface area is 121 Å². The molecule has 0 amide bonds. The van der Waals surface area contributed by atoms with Crippen molar-refractivity contribution in [1.29, 1.82) is 0 Å². The first kappa shape index (κ1) is 15.2. The summed E-state index contributed by atoms with van der Waals surface area (Å²) in [6, 6.07) is 6.92. The largest absolute Gasteiger partial charge is 0.481 e. The predicted octanol–water partition coefficient (Wildman–Crippen LogP) is 1.49. The summed E-state index contributed by atoms with van der Waals surface area (Å²) in [5.74, 6) is -0.234. The van der Waals surface area contributed by atoms with E-state index in [1.807, 2.05) is 0 Å². The van der Waals surface area contributed by atoms with E-state index in [1.54, 1.807) is 18.3 Å². The summed E-state index contributed by atoms with van der Waals surface area (Å²) < 4.78 is 41.0. The fraction of sp³-hybridized carbons (Fsp3) is 0.154. The molecule has 0 saturated carbocycles. The Morgan fingerprint density at radius 1 is 1.33 bits per heavy atom. The van der Waals surface area contributed by atoms with Gasteiger partial charge < -0.3 is 10.1 Å². The summed E-state index contributed by atoms with van der Waals surface area (Å²) in [5, 5.41) is 7.80. The first-order valence-corrected chi connectivity index (χ1v) is 7.50. The number of halogens is 1. The van der Waals surface area contributed by atoms with Gasteiger partial charge in [0.25, 0.3) is 0 Å². The van der Waals surface area contributed by atoms with E-state index in [4.69, 9.17) is 9.88 Å². The number of hydrogen-bond donors (Lipinski definition) is 2. The minimum absolute atomic E-state index is 0.179. The van der Waals surface area contributed by atoms with E-state index in [0.29, 0.717) is 12.4 Å². The Bertz CT molecular complexity index is 750. The van der Waals surface area contributed by atoms with E-state index in [2.05, 4.69) is 10.3 Å². The number of aromatic nitrogens is 1. The van der Waals surface area contributed by atoms with Gasteiger partial charge in [-0.1, -0.05) is 0 Å². The van der Waals surface area contributed by atoms with Crippen LogP contribution in [0.2, 0.25) is 0 Å². The molecule has 0 radical (unpaired) electrons. The van der Waals surface area contributed by atoms with Crippen molar-refractivity contribution in [2.75, 3.05) is 12.4 Å². The molecule has 1 aromatic carbocycles. The molecule has 2 aromatic rings. The third kappa shape index (κ3) is 3.89. The number of benzene rings is 1. The lowest BCUT2D eigenvalue weighted by molar-refractivity contribution is 0.397. The van der Waals surface area contributed by atoms with Crippen LogP contribution in [-0.2, 0) is 16.6 Å². The highest BCUT2D eigenvalue weighted by Gasteiger charge is 2.11. The van der Waals surface area contributed by atoms with Crippen LogP contribution >= 0.6 is 0 Å². The summed E-state index contributed by atoms with van der Waals surface area (Å²) in [4.78, 5) is 3.70. The smallest absolute Gasteiger partial charge is 0.238 e. The molecule has 8 heteroatoms. The number of pyridine rings is 1. The predicted molar refractivity (Wildman–Crippen MR) is 75.9 cm³/mol. The standard InChI is InChI=1S/C13H14FN3O3S/c1-20-13-6-9(4-5-16-13)8-17-12-3-2-10(7-11(12)14)21(15,18)19/h2-7,17H,8H2,1H3,(H2,15,18,19). The monoisotopic (exact) mass is 311 g/mol. The Balaban J connectivity index is 2.13. The SMILES string of the molecule is COc1cc(CNc2ccc(S(N)(=O)=O)cc2F)ccn1. The second-order valence-electron chi connectivity index (χ2n) is 4.25. The molecule has 2 rings (SSSR count). The molecule has 0 saturated heterocycles. The van der Waals surface area contributed by atoms with Crippen molar-refractivity contribution in [3.8, 4) is 5.88 Å². The number of nitrogens with two attached hydrogens (primary N) is 1. The normalized spacial score (nSPS) is 11.2. The maximum absolute atomic E-state index is 13.8. The zero-order valence-electron chi connectivity index (χ0n) is 11.2. The van der Waals surface area contributed by atoms with Gasteiger partial charge in [-0.05, 0) is 29.8 Å². The van der Waals surface area contributed by atoms with E-state index >= 15 is 0 Å². The average Bonchev–Trinajstić information content (AvgIpc) is 2.45. The maximum atomic E-state index is 13.8. The highest BCUT2D eigenvalue weighted by Crippen LogP contribution is 2.19. The third-order valence-electron chi connectivity index (χ3n) is 2.76. The van der Waals surface area contributed by atoms with Gasteiger partial charge in [0.1, 0.15) is 5.82 Å². The van der Waals surface area contributed by atoms with Crippen molar-refractivity contribution in [3.63, 3.8) is 0 Å². The Morgan fingerprint density at radius 3 is 2.71 bits per heavy atom. The van der Waals surface area contributed by atoms with Gasteiger partial charge in [-0.15, -0.1) is 0 Å². The zero-order valence-corrected chi connectivity index (χ0v) is 12.0. The van der Waals surface area contributed by atoms with Gasteiger partial charge >= 0.3 is 0 Å². The van der Waals surface area contributed by atoms with E-state index in [0.717, 1.165) is 11.6 Å². The number of rotatable bonds is 5. The van der Waals surface area contributed by atoms with Crippen LogP contribution in [0.25, 0.3) is 0 Å². The Hall–Kier alpha value is -2.19. The number of ether oxygens (including phenoxy) is 1. The van der Waals surface area contributed by atoms with Gasteiger partial charge in [0.2, 0.25) is 15.9 Å². The second-order valence-corrected chi connectivity index (χ2v) is 5.81. The van der Waals surface area contributed by atoms with Crippen molar-refractivity contribution < 1.29 is 17.5 Å².